The molecule has 0 fully saturated rings. The fourth-order valence-corrected chi connectivity index (χ4v) is 9.75. The number of hydrogen-bond acceptors (Lipinski definition) is 6. The van der Waals surface area contributed by atoms with Crippen molar-refractivity contribution in [3.8, 4) is 0 Å². The van der Waals surface area contributed by atoms with Crippen LogP contribution in [0.4, 0.5) is 0 Å². The van der Waals surface area contributed by atoms with E-state index in [1.54, 1.807) is 0 Å². The predicted octanol–water partition coefficient (Wildman–Crippen LogP) is 22.0. The minimum absolute atomic E-state index is 0.0738. The van der Waals surface area contributed by atoms with Gasteiger partial charge in [0.05, 0.1) is 0 Å². The third-order valence-corrected chi connectivity index (χ3v) is 14.6. The Bertz CT molecular complexity index is 1220. The number of ether oxygens (including phenoxy) is 3. The van der Waals surface area contributed by atoms with Crippen LogP contribution < -0.4 is 0 Å². The molecule has 0 rings (SSSR count). The van der Waals surface area contributed by atoms with Crippen molar-refractivity contribution in [3.63, 3.8) is 0 Å². The molecule has 73 heavy (non-hydrogen) atoms. The second-order valence-electron chi connectivity index (χ2n) is 22.0. The van der Waals surface area contributed by atoms with Gasteiger partial charge in [-0.25, -0.2) is 0 Å². The zero-order chi connectivity index (χ0) is 52.9. The van der Waals surface area contributed by atoms with E-state index >= 15 is 0 Å². The summed E-state index contributed by atoms with van der Waals surface area (Å²) in [5.41, 5.74) is 0. The molecule has 0 aromatic heterocycles. The Morgan fingerprint density at radius 1 is 0.274 bits per heavy atom. The van der Waals surface area contributed by atoms with Crippen LogP contribution in [0.1, 0.15) is 355 Å². The van der Waals surface area contributed by atoms with E-state index in [1.165, 1.54) is 231 Å². The molecule has 1 atom stereocenters. The summed E-state index contributed by atoms with van der Waals surface area (Å²) in [6.07, 6.45) is 75.8. The molecule has 0 aromatic carbocycles. The number of unbranched alkanes of at least 4 members (excludes halogenated alkanes) is 43. The van der Waals surface area contributed by atoms with E-state index in [-0.39, 0.29) is 31.1 Å². The lowest BCUT2D eigenvalue weighted by molar-refractivity contribution is -0.167. The van der Waals surface area contributed by atoms with E-state index in [9.17, 15) is 14.4 Å². The lowest BCUT2D eigenvalue weighted by Crippen LogP contribution is -2.30. The third kappa shape index (κ3) is 60.4. The van der Waals surface area contributed by atoms with Crippen molar-refractivity contribution in [1.29, 1.82) is 0 Å². The fourth-order valence-electron chi connectivity index (χ4n) is 9.75. The van der Waals surface area contributed by atoms with Crippen molar-refractivity contribution in [3.05, 3.63) is 36.5 Å². The smallest absolute Gasteiger partial charge is 0.306 e. The van der Waals surface area contributed by atoms with Crippen molar-refractivity contribution in [2.24, 2.45) is 0 Å². The molecule has 0 aliphatic heterocycles. The molecule has 0 saturated carbocycles. The lowest BCUT2D eigenvalue weighted by Gasteiger charge is -2.18. The van der Waals surface area contributed by atoms with Gasteiger partial charge < -0.3 is 14.2 Å². The second-order valence-corrected chi connectivity index (χ2v) is 22.0. The van der Waals surface area contributed by atoms with Gasteiger partial charge in [-0.1, -0.05) is 314 Å². The Hall–Kier alpha value is -2.37. The minimum atomic E-state index is -0.778. The highest BCUT2D eigenvalue weighted by atomic mass is 16.6. The van der Waals surface area contributed by atoms with Crippen LogP contribution in [0.3, 0.4) is 0 Å². The first kappa shape index (κ1) is 70.6. The number of rotatable bonds is 60. The SMILES string of the molecule is CCCCC/C=C/C/C=C/C/C=C/CCCCCCC(=O)OC[C@H](COC(=O)CCCCCCCCCCCCCCCCCCCCC)OC(=O)CCCCCCCCCCCCCCCCCCCCC. The average Bonchev–Trinajstić information content (AvgIpc) is 3.39. The van der Waals surface area contributed by atoms with Gasteiger partial charge >= 0.3 is 17.9 Å². The topological polar surface area (TPSA) is 78.9 Å². The highest BCUT2D eigenvalue weighted by Gasteiger charge is 2.19. The third-order valence-electron chi connectivity index (χ3n) is 14.6. The van der Waals surface area contributed by atoms with Crippen LogP contribution in [0.2, 0.25) is 0 Å². The van der Waals surface area contributed by atoms with Crippen molar-refractivity contribution in [2.75, 3.05) is 13.2 Å². The van der Waals surface area contributed by atoms with Crippen molar-refractivity contribution in [2.45, 2.75) is 361 Å². The zero-order valence-corrected chi connectivity index (χ0v) is 49.2. The van der Waals surface area contributed by atoms with Crippen molar-refractivity contribution >= 4 is 17.9 Å². The number of allylic oxidation sites excluding steroid dienone is 6. The number of hydrogen-bond donors (Lipinski definition) is 0. The summed E-state index contributed by atoms with van der Waals surface area (Å²) in [4.78, 5) is 38.3. The van der Waals surface area contributed by atoms with Crippen LogP contribution in [0, 0.1) is 0 Å². The number of carbonyl (C=O) groups is 3. The maximum Gasteiger partial charge on any atom is 0.306 e. The van der Waals surface area contributed by atoms with Gasteiger partial charge in [-0.2, -0.15) is 0 Å². The molecule has 0 bridgehead atoms. The Morgan fingerprint density at radius 2 is 0.493 bits per heavy atom. The molecule has 0 unspecified atom stereocenters. The summed E-state index contributed by atoms with van der Waals surface area (Å²) < 4.78 is 16.9. The van der Waals surface area contributed by atoms with E-state index in [4.69, 9.17) is 14.2 Å². The standard InChI is InChI=1S/C67H124O6/c1-4-7-10-13-16-19-22-25-28-31-33-36-39-42-45-48-51-54-57-60-66(69)72-63-64(62-71-65(68)59-56-53-50-47-44-41-38-35-30-27-24-21-18-15-12-9-6-3)73-67(70)61-58-55-52-49-46-43-40-37-34-32-29-26-23-20-17-14-11-8-5-2/h18,21,27,30,38,41,64H,4-17,19-20,22-26,28-29,31-37,39-40,42-63H2,1-3H3/b21-18+,30-27+,41-38+/t64-/m1/s1. The molecule has 0 heterocycles. The molecule has 428 valence electrons. The monoisotopic (exact) mass is 1020 g/mol. The Labute approximate surface area is 455 Å². The molecular formula is C67H124O6. The van der Waals surface area contributed by atoms with Crippen molar-refractivity contribution in [1.82, 2.24) is 0 Å². The molecule has 0 N–H and O–H groups in total. The quantitative estimate of drug-likeness (QED) is 0.0261. The molecule has 6 heteroatoms. The first-order chi connectivity index (χ1) is 36.0. The van der Waals surface area contributed by atoms with Crippen LogP contribution in [0.25, 0.3) is 0 Å². The molecule has 0 amide bonds. The first-order valence-corrected chi connectivity index (χ1v) is 32.5. The van der Waals surface area contributed by atoms with E-state index in [0.29, 0.717) is 19.3 Å². The van der Waals surface area contributed by atoms with Gasteiger partial charge in [0.2, 0.25) is 0 Å². The summed E-state index contributed by atoms with van der Waals surface area (Å²) >= 11 is 0. The average molecular weight is 1030 g/mol. The molecule has 0 radical (unpaired) electrons. The van der Waals surface area contributed by atoms with Gasteiger partial charge in [0.1, 0.15) is 13.2 Å². The maximum absolute atomic E-state index is 12.9. The molecular weight excluding hydrogens is 901 g/mol. The van der Waals surface area contributed by atoms with Crippen LogP contribution >= 0.6 is 0 Å². The summed E-state index contributed by atoms with van der Waals surface area (Å²) in [5, 5.41) is 0. The van der Waals surface area contributed by atoms with Crippen LogP contribution in [0.15, 0.2) is 36.5 Å². The Kier molecular flexibility index (Phi) is 60.2. The highest BCUT2D eigenvalue weighted by Crippen LogP contribution is 2.18. The highest BCUT2D eigenvalue weighted by molar-refractivity contribution is 5.71. The van der Waals surface area contributed by atoms with Gasteiger partial charge in [-0.05, 0) is 57.8 Å². The maximum atomic E-state index is 12.9. The van der Waals surface area contributed by atoms with Crippen LogP contribution in [0.5, 0.6) is 0 Å². The molecule has 0 aliphatic carbocycles. The lowest BCUT2D eigenvalue weighted by atomic mass is 10.0. The van der Waals surface area contributed by atoms with Gasteiger partial charge in [-0.3, -0.25) is 14.4 Å². The summed E-state index contributed by atoms with van der Waals surface area (Å²) in [5.74, 6) is -0.869. The normalized spacial score (nSPS) is 12.2. The van der Waals surface area contributed by atoms with E-state index in [0.717, 1.165) is 83.5 Å². The van der Waals surface area contributed by atoms with Crippen LogP contribution in [-0.4, -0.2) is 37.2 Å². The molecule has 0 saturated heterocycles. The van der Waals surface area contributed by atoms with E-state index in [1.807, 2.05) is 0 Å². The van der Waals surface area contributed by atoms with Crippen LogP contribution in [-0.2, 0) is 28.6 Å². The van der Waals surface area contributed by atoms with E-state index < -0.39 is 6.10 Å². The number of esters is 3. The second kappa shape index (κ2) is 62.2. The first-order valence-electron chi connectivity index (χ1n) is 32.5. The molecule has 0 aromatic rings. The van der Waals surface area contributed by atoms with E-state index in [2.05, 4.69) is 57.2 Å². The predicted molar refractivity (Wildman–Crippen MR) is 316 cm³/mol. The van der Waals surface area contributed by atoms with Crippen molar-refractivity contribution < 1.29 is 28.6 Å². The minimum Gasteiger partial charge on any atom is -0.462 e. The summed E-state index contributed by atoms with van der Waals surface area (Å²) in [6.45, 7) is 6.66. The van der Waals surface area contributed by atoms with Gasteiger partial charge in [-0.15, -0.1) is 0 Å². The molecule has 0 aliphatic rings. The molecule has 0 spiro atoms. The Balaban J connectivity index is 4.35. The number of carbonyl (C=O) groups excluding carboxylic acids is 3. The summed E-state index contributed by atoms with van der Waals surface area (Å²) in [6, 6.07) is 0. The zero-order valence-electron chi connectivity index (χ0n) is 49.2. The molecule has 6 nitrogen and oxygen atoms in total. The van der Waals surface area contributed by atoms with Gasteiger partial charge in [0, 0.05) is 19.3 Å². The van der Waals surface area contributed by atoms with Gasteiger partial charge in [0.25, 0.3) is 0 Å². The Morgan fingerprint density at radius 3 is 0.795 bits per heavy atom. The fraction of sp³-hybridized carbons (Fsp3) is 0.866. The summed E-state index contributed by atoms with van der Waals surface area (Å²) in [7, 11) is 0. The largest absolute Gasteiger partial charge is 0.462 e. The van der Waals surface area contributed by atoms with Gasteiger partial charge in [0.15, 0.2) is 6.10 Å².